The average molecular weight is 283 g/mol. The zero-order chi connectivity index (χ0) is 15.5. The number of rotatable bonds is 4. The van der Waals surface area contributed by atoms with Crippen LogP contribution in [-0.2, 0) is 0 Å². The number of phenolic OH excluding ortho intramolecular Hbond substituents is 1. The number of nitrogens with one attached hydrogen (secondary N) is 1. The van der Waals surface area contributed by atoms with Gasteiger partial charge in [0.1, 0.15) is 5.75 Å². The van der Waals surface area contributed by atoms with Gasteiger partial charge in [-0.05, 0) is 24.0 Å². The van der Waals surface area contributed by atoms with Crippen LogP contribution < -0.4 is 5.32 Å². The van der Waals surface area contributed by atoms with E-state index in [0.717, 1.165) is 5.56 Å². The Balaban J connectivity index is 2.29. The first kappa shape index (κ1) is 15.6. The molecule has 2 nitrogen and oxygen atoms in total. The van der Waals surface area contributed by atoms with E-state index in [-0.39, 0.29) is 17.5 Å². The number of hydrogen-bond acceptors (Lipinski definition) is 2. The molecule has 0 bridgehead atoms. The van der Waals surface area contributed by atoms with Crippen molar-refractivity contribution in [3.05, 3.63) is 65.7 Å². The van der Waals surface area contributed by atoms with Gasteiger partial charge in [0.05, 0.1) is 0 Å². The molecule has 0 spiro atoms. The summed E-state index contributed by atoms with van der Waals surface area (Å²) in [7, 11) is 0. The monoisotopic (exact) mass is 283 g/mol. The second-order valence-corrected chi connectivity index (χ2v) is 6.66. The van der Waals surface area contributed by atoms with E-state index in [9.17, 15) is 5.11 Å². The lowest BCUT2D eigenvalue weighted by Gasteiger charge is -2.35. The number of aromatic hydroxyl groups is 1. The van der Waals surface area contributed by atoms with E-state index in [1.165, 1.54) is 5.56 Å². The molecule has 0 fully saturated rings. The van der Waals surface area contributed by atoms with E-state index in [4.69, 9.17) is 0 Å². The van der Waals surface area contributed by atoms with Gasteiger partial charge in [-0.2, -0.15) is 0 Å². The van der Waals surface area contributed by atoms with Crippen LogP contribution in [0.1, 0.15) is 50.9 Å². The average Bonchev–Trinajstić information content (AvgIpc) is 2.45. The third-order valence-electron chi connectivity index (χ3n) is 3.83. The number of phenols is 1. The molecule has 0 saturated heterocycles. The largest absolute Gasteiger partial charge is 0.508 e. The Bertz CT molecular complexity index is 572. The normalized spacial score (nSPS) is 14.7. The Labute approximate surface area is 127 Å². The van der Waals surface area contributed by atoms with Gasteiger partial charge in [-0.3, -0.25) is 0 Å². The maximum absolute atomic E-state index is 10.2. The molecule has 0 aromatic heterocycles. The lowest BCUT2D eigenvalue weighted by atomic mass is 9.81. The molecule has 2 aromatic carbocycles. The Morgan fingerprint density at radius 1 is 0.905 bits per heavy atom. The molecule has 2 aromatic rings. The molecule has 112 valence electrons. The van der Waals surface area contributed by atoms with Crippen molar-refractivity contribution in [1.29, 1.82) is 0 Å². The minimum Gasteiger partial charge on any atom is -0.508 e. The molecule has 0 heterocycles. The summed E-state index contributed by atoms with van der Waals surface area (Å²) in [6.07, 6.45) is 0. The molecule has 0 aliphatic rings. The third kappa shape index (κ3) is 3.85. The molecule has 0 aliphatic heterocycles. The summed E-state index contributed by atoms with van der Waals surface area (Å²) >= 11 is 0. The molecule has 0 unspecified atom stereocenters. The van der Waals surface area contributed by atoms with Crippen molar-refractivity contribution in [1.82, 2.24) is 5.32 Å². The van der Waals surface area contributed by atoms with Crippen molar-refractivity contribution in [2.45, 2.75) is 39.8 Å². The van der Waals surface area contributed by atoms with E-state index in [1.807, 2.05) is 24.3 Å². The fraction of sp³-hybridized carbons (Fsp3) is 0.368. The lowest BCUT2D eigenvalue weighted by molar-refractivity contribution is 0.248. The molecule has 2 heteroatoms. The summed E-state index contributed by atoms with van der Waals surface area (Å²) in [5.74, 6) is 0.352. The van der Waals surface area contributed by atoms with E-state index < -0.39 is 0 Å². The van der Waals surface area contributed by atoms with Crippen molar-refractivity contribution in [3.63, 3.8) is 0 Å². The van der Waals surface area contributed by atoms with E-state index in [1.54, 1.807) is 6.07 Å². The predicted molar refractivity (Wildman–Crippen MR) is 88.3 cm³/mol. The van der Waals surface area contributed by atoms with Crippen molar-refractivity contribution in [2.75, 3.05) is 0 Å². The molecule has 2 atom stereocenters. The van der Waals surface area contributed by atoms with Crippen LogP contribution in [0.25, 0.3) is 0 Å². The predicted octanol–water partition coefficient (Wildman–Crippen LogP) is 4.83. The smallest absolute Gasteiger partial charge is 0.120 e. The fourth-order valence-corrected chi connectivity index (χ4v) is 2.63. The summed E-state index contributed by atoms with van der Waals surface area (Å²) in [5.41, 5.74) is 2.21. The Kier molecular flexibility index (Phi) is 4.69. The van der Waals surface area contributed by atoms with Gasteiger partial charge in [0.15, 0.2) is 0 Å². The van der Waals surface area contributed by atoms with Gasteiger partial charge < -0.3 is 10.4 Å². The summed E-state index contributed by atoms with van der Waals surface area (Å²) in [6, 6.07) is 18.3. The van der Waals surface area contributed by atoms with Gasteiger partial charge in [0, 0.05) is 17.6 Å². The number of benzene rings is 2. The fourth-order valence-electron chi connectivity index (χ4n) is 2.63. The summed E-state index contributed by atoms with van der Waals surface area (Å²) in [4.78, 5) is 0. The van der Waals surface area contributed by atoms with Crippen LogP contribution in [0.5, 0.6) is 5.75 Å². The van der Waals surface area contributed by atoms with Crippen LogP contribution in [0.15, 0.2) is 54.6 Å². The van der Waals surface area contributed by atoms with Crippen LogP contribution in [0.4, 0.5) is 0 Å². The Morgan fingerprint density at radius 3 is 2.05 bits per heavy atom. The third-order valence-corrected chi connectivity index (χ3v) is 3.83. The maximum atomic E-state index is 10.2. The van der Waals surface area contributed by atoms with Crippen LogP contribution in [-0.4, -0.2) is 5.11 Å². The highest BCUT2D eigenvalue weighted by Gasteiger charge is 2.29. The second kappa shape index (κ2) is 6.31. The number of hydrogen-bond donors (Lipinski definition) is 2. The van der Waals surface area contributed by atoms with Gasteiger partial charge in [0.25, 0.3) is 0 Å². The van der Waals surface area contributed by atoms with Gasteiger partial charge in [-0.15, -0.1) is 0 Å². The Morgan fingerprint density at radius 2 is 1.48 bits per heavy atom. The first-order chi connectivity index (χ1) is 9.89. The second-order valence-electron chi connectivity index (χ2n) is 6.66. The molecule has 0 radical (unpaired) electrons. The highest BCUT2D eigenvalue weighted by molar-refractivity contribution is 5.36. The summed E-state index contributed by atoms with van der Waals surface area (Å²) in [5, 5.41) is 13.9. The van der Waals surface area contributed by atoms with Gasteiger partial charge >= 0.3 is 0 Å². The minimum atomic E-state index is 0.00186. The zero-order valence-corrected chi connectivity index (χ0v) is 13.3. The first-order valence-electron chi connectivity index (χ1n) is 7.48. The van der Waals surface area contributed by atoms with Crippen molar-refractivity contribution in [2.24, 2.45) is 5.41 Å². The highest BCUT2D eigenvalue weighted by atomic mass is 16.3. The van der Waals surface area contributed by atoms with Crippen molar-refractivity contribution < 1.29 is 5.11 Å². The lowest BCUT2D eigenvalue weighted by Crippen LogP contribution is -2.34. The SMILES string of the molecule is C[C@@H](N[C@H](c1ccccc1O)C(C)(C)C)c1ccccc1. The van der Waals surface area contributed by atoms with Gasteiger partial charge in [-0.25, -0.2) is 0 Å². The van der Waals surface area contributed by atoms with Gasteiger partial charge in [0.2, 0.25) is 0 Å². The molecule has 2 rings (SSSR count). The molecule has 0 saturated carbocycles. The Hall–Kier alpha value is -1.80. The van der Waals surface area contributed by atoms with Gasteiger partial charge in [-0.1, -0.05) is 69.3 Å². The molecule has 0 aliphatic carbocycles. The molecular formula is C19H25NO. The van der Waals surface area contributed by atoms with Crippen LogP contribution in [0.3, 0.4) is 0 Å². The number of para-hydroxylation sites is 1. The maximum Gasteiger partial charge on any atom is 0.120 e. The summed E-state index contributed by atoms with van der Waals surface area (Å²) in [6.45, 7) is 8.73. The highest BCUT2D eigenvalue weighted by Crippen LogP contribution is 2.38. The topological polar surface area (TPSA) is 32.3 Å². The van der Waals surface area contributed by atoms with Crippen molar-refractivity contribution in [3.8, 4) is 5.75 Å². The quantitative estimate of drug-likeness (QED) is 0.842. The molecule has 0 amide bonds. The first-order valence-corrected chi connectivity index (χ1v) is 7.48. The van der Waals surface area contributed by atoms with E-state index in [2.05, 4.69) is 57.3 Å². The molecule has 2 N–H and O–H groups in total. The van der Waals surface area contributed by atoms with E-state index >= 15 is 0 Å². The van der Waals surface area contributed by atoms with Crippen LogP contribution in [0, 0.1) is 5.41 Å². The minimum absolute atomic E-state index is 0.00186. The summed E-state index contributed by atoms with van der Waals surface area (Å²) < 4.78 is 0. The van der Waals surface area contributed by atoms with Crippen molar-refractivity contribution >= 4 is 0 Å². The van der Waals surface area contributed by atoms with E-state index in [0.29, 0.717) is 5.75 Å². The van der Waals surface area contributed by atoms with Crippen LogP contribution in [0.2, 0.25) is 0 Å². The zero-order valence-electron chi connectivity index (χ0n) is 13.3. The van der Waals surface area contributed by atoms with Crippen LogP contribution >= 0.6 is 0 Å². The molecule has 21 heavy (non-hydrogen) atoms. The standard InChI is InChI=1S/C19H25NO/c1-14(15-10-6-5-7-11-15)20-18(19(2,3)4)16-12-8-9-13-17(16)21/h5-14,18,20-21H,1-4H3/t14-,18-/m1/s1. The molecular weight excluding hydrogens is 258 g/mol.